The highest BCUT2D eigenvalue weighted by atomic mass is 16.2. The highest BCUT2D eigenvalue weighted by Gasteiger charge is 2.33. The van der Waals surface area contributed by atoms with Crippen molar-refractivity contribution in [2.24, 2.45) is 5.92 Å². The second-order valence-corrected chi connectivity index (χ2v) is 4.31. The van der Waals surface area contributed by atoms with E-state index in [1.54, 1.807) is 4.90 Å². The van der Waals surface area contributed by atoms with Gasteiger partial charge in [-0.2, -0.15) is 0 Å². The van der Waals surface area contributed by atoms with Crippen LogP contribution >= 0.6 is 0 Å². The van der Waals surface area contributed by atoms with Crippen LogP contribution < -0.4 is 5.32 Å². The number of nitrogens with one attached hydrogen (secondary N) is 1. The maximum atomic E-state index is 11.4. The minimum Gasteiger partial charge on any atom is -0.339 e. The third-order valence-corrected chi connectivity index (χ3v) is 3.15. The Morgan fingerprint density at radius 2 is 2.29 bits per heavy atom. The summed E-state index contributed by atoms with van der Waals surface area (Å²) in [6, 6.07) is -0.330. The lowest BCUT2D eigenvalue weighted by Gasteiger charge is -2.18. The topological polar surface area (TPSA) is 69.7 Å². The van der Waals surface area contributed by atoms with Gasteiger partial charge >= 0.3 is 6.03 Å². The molecule has 2 aliphatic rings. The summed E-state index contributed by atoms with van der Waals surface area (Å²) >= 11 is 0. The van der Waals surface area contributed by atoms with Crippen LogP contribution in [0.1, 0.15) is 6.42 Å². The average Bonchev–Trinajstić information content (AvgIpc) is 2.90. The Morgan fingerprint density at radius 1 is 1.53 bits per heavy atom. The second-order valence-electron chi connectivity index (χ2n) is 4.31. The van der Waals surface area contributed by atoms with Crippen molar-refractivity contribution < 1.29 is 14.4 Å². The fourth-order valence-corrected chi connectivity index (χ4v) is 2.21. The first-order valence-electron chi connectivity index (χ1n) is 5.61. The minimum absolute atomic E-state index is 0.0842. The van der Waals surface area contributed by atoms with E-state index < -0.39 is 0 Å². The molecule has 0 aromatic carbocycles. The molecule has 2 heterocycles. The molecule has 17 heavy (non-hydrogen) atoms. The summed E-state index contributed by atoms with van der Waals surface area (Å²) in [5.41, 5.74) is 0. The van der Waals surface area contributed by atoms with Gasteiger partial charge in [-0.25, -0.2) is 4.79 Å². The second kappa shape index (κ2) is 4.57. The quantitative estimate of drug-likeness (QED) is 0.535. The molecule has 4 amide bonds. The Morgan fingerprint density at radius 3 is 2.88 bits per heavy atom. The predicted octanol–water partition coefficient (Wildman–Crippen LogP) is -0.427. The molecule has 2 saturated heterocycles. The van der Waals surface area contributed by atoms with Crippen LogP contribution in [0.5, 0.6) is 0 Å². The third-order valence-electron chi connectivity index (χ3n) is 3.15. The van der Waals surface area contributed by atoms with Crippen molar-refractivity contribution in [2.75, 3.05) is 26.2 Å². The molecule has 92 valence electrons. The molecule has 0 saturated carbocycles. The van der Waals surface area contributed by atoms with Crippen molar-refractivity contribution in [2.45, 2.75) is 6.42 Å². The predicted molar refractivity (Wildman–Crippen MR) is 60.0 cm³/mol. The molecule has 0 bridgehead atoms. The van der Waals surface area contributed by atoms with Crippen molar-refractivity contribution in [3.05, 3.63) is 12.7 Å². The fraction of sp³-hybridized carbons (Fsp3) is 0.545. The molecule has 6 nitrogen and oxygen atoms in total. The van der Waals surface area contributed by atoms with Crippen LogP contribution in [0.15, 0.2) is 12.7 Å². The van der Waals surface area contributed by atoms with Crippen molar-refractivity contribution >= 4 is 17.8 Å². The molecule has 0 spiro atoms. The molecular formula is C11H15N3O3. The number of carbonyl (C=O) groups excluding carboxylic acids is 3. The zero-order valence-corrected chi connectivity index (χ0v) is 9.52. The van der Waals surface area contributed by atoms with E-state index in [-0.39, 0.29) is 30.3 Å². The van der Waals surface area contributed by atoms with Gasteiger partial charge in [-0.3, -0.25) is 14.5 Å². The summed E-state index contributed by atoms with van der Waals surface area (Å²) in [7, 11) is 0. The molecule has 0 aromatic heterocycles. The number of amides is 4. The normalized spacial score (nSPS) is 24.1. The summed E-state index contributed by atoms with van der Waals surface area (Å²) in [4.78, 5) is 37.0. The van der Waals surface area contributed by atoms with Crippen molar-refractivity contribution in [1.82, 2.24) is 15.1 Å². The molecule has 0 aromatic rings. The lowest BCUT2D eigenvalue weighted by atomic mass is 10.1. The van der Waals surface area contributed by atoms with Crippen LogP contribution in [0, 0.1) is 5.92 Å². The zero-order chi connectivity index (χ0) is 12.4. The zero-order valence-electron chi connectivity index (χ0n) is 9.52. The summed E-state index contributed by atoms with van der Waals surface area (Å²) in [5.74, 6) is -0.111. The smallest absolute Gasteiger partial charge is 0.324 e. The Hall–Kier alpha value is -1.85. The molecule has 2 aliphatic heterocycles. The molecule has 2 fully saturated rings. The van der Waals surface area contributed by atoms with Crippen LogP contribution in [0.2, 0.25) is 0 Å². The largest absolute Gasteiger partial charge is 0.339 e. The summed E-state index contributed by atoms with van der Waals surface area (Å²) in [5, 5.41) is 2.48. The molecule has 0 radical (unpaired) electrons. The van der Waals surface area contributed by atoms with Crippen LogP contribution in [0.3, 0.4) is 0 Å². The molecule has 6 heteroatoms. The molecular weight excluding hydrogens is 222 g/mol. The first-order chi connectivity index (χ1) is 8.11. The van der Waals surface area contributed by atoms with Gasteiger partial charge in [0.2, 0.25) is 11.8 Å². The van der Waals surface area contributed by atoms with Gasteiger partial charge in [0.05, 0.1) is 6.54 Å². The van der Waals surface area contributed by atoms with Gasteiger partial charge in [-0.05, 0) is 18.4 Å². The van der Waals surface area contributed by atoms with E-state index >= 15 is 0 Å². The number of hydrogen-bond donors (Lipinski definition) is 1. The SMILES string of the molecule is C=CC(=O)N1CC[C@@H](CN2C(=O)CNC2=O)C1. The van der Waals surface area contributed by atoms with Gasteiger partial charge in [0, 0.05) is 19.6 Å². The Bertz CT molecular complexity index is 364. The Balaban J connectivity index is 1.89. The van der Waals surface area contributed by atoms with Crippen LogP contribution in [-0.4, -0.2) is 53.8 Å². The number of rotatable bonds is 3. The third kappa shape index (κ3) is 2.30. The van der Waals surface area contributed by atoms with Gasteiger partial charge in [-0.15, -0.1) is 0 Å². The highest BCUT2D eigenvalue weighted by molar-refractivity contribution is 6.01. The van der Waals surface area contributed by atoms with Crippen LogP contribution in [-0.2, 0) is 9.59 Å². The number of imide groups is 1. The molecule has 0 aliphatic carbocycles. The summed E-state index contributed by atoms with van der Waals surface area (Å²) in [6.07, 6.45) is 2.10. The lowest BCUT2D eigenvalue weighted by Crippen LogP contribution is -2.36. The van der Waals surface area contributed by atoms with Crippen molar-refractivity contribution in [1.29, 1.82) is 0 Å². The number of hydrogen-bond acceptors (Lipinski definition) is 3. The van der Waals surface area contributed by atoms with E-state index in [9.17, 15) is 14.4 Å². The molecule has 2 rings (SSSR count). The van der Waals surface area contributed by atoms with E-state index in [4.69, 9.17) is 0 Å². The number of urea groups is 1. The van der Waals surface area contributed by atoms with E-state index in [0.29, 0.717) is 19.6 Å². The average molecular weight is 237 g/mol. The maximum Gasteiger partial charge on any atom is 0.324 e. The van der Waals surface area contributed by atoms with Crippen molar-refractivity contribution in [3.63, 3.8) is 0 Å². The van der Waals surface area contributed by atoms with E-state index in [1.165, 1.54) is 11.0 Å². The van der Waals surface area contributed by atoms with Crippen LogP contribution in [0.4, 0.5) is 4.79 Å². The molecule has 1 N–H and O–H groups in total. The first kappa shape index (κ1) is 11.6. The van der Waals surface area contributed by atoms with Gasteiger partial charge in [0.1, 0.15) is 0 Å². The number of nitrogens with zero attached hydrogens (tertiary/aromatic N) is 2. The van der Waals surface area contributed by atoms with Gasteiger partial charge in [-0.1, -0.05) is 6.58 Å². The highest BCUT2D eigenvalue weighted by Crippen LogP contribution is 2.18. The lowest BCUT2D eigenvalue weighted by molar-refractivity contribution is -0.125. The van der Waals surface area contributed by atoms with Gasteiger partial charge < -0.3 is 10.2 Å². The molecule has 1 atom stereocenters. The van der Waals surface area contributed by atoms with E-state index in [1.807, 2.05) is 0 Å². The van der Waals surface area contributed by atoms with E-state index in [2.05, 4.69) is 11.9 Å². The minimum atomic E-state index is -0.330. The summed E-state index contributed by atoms with van der Waals surface area (Å²) in [6.45, 7) is 5.17. The first-order valence-corrected chi connectivity index (χ1v) is 5.61. The molecule has 0 unspecified atom stereocenters. The van der Waals surface area contributed by atoms with Crippen LogP contribution in [0.25, 0.3) is 0 Å². The maximum absolute atomic E-state index is 11.4. The fourth-order valence-electron chi connectivity index (χ4n) is 2.21. The Kier molecular flexibility index (Phi) is 3.12. The van der Waals surface area contributed by atoms with E-state index in [0.717, 1.165) is 6.42 Å². The summed E-state index contributed by atoms with van der Waals surface area (Å²) < 4.78 is 0. The number of carbonyl (C=O) groups is 3. The standard InChI is InChI=1S/C11H15N3O3/c1-2-9(15)13-4-3-8(6-13)7-14-10(16)5-12-11(14)17/h2,8H,1,3-7H2,(H,12,17)/t8-/m1/s1. The monoisotopic (exact) mass is 237 g/mol. The van der Waals surface area contributed by atoms with Gasteiger partial charge in [0.15, 0.2) is 0 Å². The van der Waals surface area contributed by atoms with Crippen molar-refractivity contribution in [3.8, 4) is 0 Å². The number of likely N-dealkylation sites (tertiary alicyclic amines) is 1. The Labute approximate surface area is 99.2 Å². The van der Waals surface area contributed by atoms with Gasteiger partial charge in [0.25, 0.3) is 0 Å².